The van der Waals surface area contributed by atoms with Gasteiger partial charge in [-0.05, 0) is 6.92 Å². The Bertz CT molecular complexity index is 195. The molecule has 76 valence electrons. The highest BCUT2D eigenvalue weighted by molar-refractivity contribution is 7.80. The fraction of sp³-hybridized carbons (Fsp3) is 0.714. The van der Waals surface area contributed by atoms with Gasteiger partial charge >= 0.3 is 5.97 Å². The zero-order valence-corrected chi connectivity index (χ0v) is 8.12. The summed E-state index contributed by atoms with van der Waals surface area (Å²) in [5.41, 5.74) is 0. The molecule has 13 heavy (non-hydrogen) atoms. The minimum absolute atomic E-state index is 0.0287. The lowest BCUT2D eigenvalue weighted by atomic mass is 10.2. The summed E-state index contributed by atoms with van der Waals surface area (Å²) in [7, 11) is 0. The lowest BCUT2D eigenvalue weighted by Crippen LogP contribution is -2.42. The van der Waals surface area contributed by atoms with Gasteiger partial charge in [-0.2, -0.15) is 12.6 Å². The van der Waals surface area contributed by atoms with Crippen LogP contribution in [0.1, 0.15) is 13.3 Å². The minimum Gasteiger partial charge on any atom is -0.480 e. The predicted molar refractivity (Wildman–Crippen MR) is 49.7 cm³/mol. The van der Waals surface area contributed by atoms with Gasteiger partial charge in [-0.3, -0.25) is 4.79 Å². The van der Waals surface area contributed by atoms with Crippen LogP contribution in [0.3, 0.4) is 0 Å². The number of amides is 1. The van der Waals surface area contributed by atoms with E-state index in [9.17, 15) is 9.59 Å². The molecule has 0 aliphatic rings. The second-order valence-electron chi connectivity index (χ2n) is 2.69. The van der Waals surface area contributed by atoms with Crippen molar-refractivity contribution < 1.29 is 19.8 Å². The SMILES string of the molecule is CC(O)CC(=O)NC(CS)C(=O)O. The van der Waals surface area contributed by atoms with Crippen molar-refractivity contribution in [1.82, 2.24) is 5.32 Å². The third-order valence-corrected chi connectivity index (χ3v) is 1.66. The van der Waals surface area contributed by atoms with Crippen LogP contribution in [0.25, 0.3) is 0 Å². The first kappa shape index (κ1) is 12.2. The lowest BCUT2D eigenvalue weighted by Gasteiger charge is -2.12. The summed E-state index contributed by atoms with van der Waals surface area (Å²) >= 11 is 3.76. The molecule has 0 aromatic heterocycles. The van der Waals surface area contributed by atoms with Crippen LogP contribution in [-0.2, 0) is 9.59 Å². The van der Waals surface area contributed by atoms with Crippen molar-refractivity contribution in [2.45, 2.75) is 25.5 Å². The third kappa shape index (κ3) is 5.48. The Hall–Kier alpha value is -0.750. The number of carboxylic acids is 1. The number of carboxylic acid groups (broad SMARTS) is 1. The quantitative estimate of drug-likeness (QED) is 0.447. The maximum absolute atomic E-state index is 11.0. The second-order valence-corrected chi connectivity index (χ2v) is 3.06. The van der Waals surface area contributed by atoms with Crippen molar-refractivity contribution in [1.29, 1.82) is 0 Å². The average molecular weight is 207 g/mol. The van der Waals surface area contributed by atoms with Gasteiger partial charge in [-0.25, -0.2) is 4.79 Å². The zero-order chi connectivity index (χ0) is 10.4. The zero-order valence-electron chi connectivity index (χ0n) is 7.23. The van der Waals surface area contributed by atoms with Gasteiger partial charge in [-0.1, -0.05) is 0 Å². The van der Waals surface area contributed by atoms with Crippen LogP contribution in [0.4, 0.5) is 0 Å². The summed E-state index contributed by atoms with van der Waals surface area (Å²) in [4.78, 5) is 21.4. The molecule has 0 rings (SSSR count). The number of aliphatic hydroxyl groups excluding tert-OH is 1. The number of hydrogen-bond donors (Lipinski definition) is 4. The molecule has 0 aliphatic heterocycles. The molecule has 0 heterocycles. The molecule has 0 saturated carbocycles. The van der Waals surface area contributed by atoms with Gasteiger partial charge in [0.25, 0.3) is 0 Å². The monoisotopic (exact) mass is 207 g/mol. The van der Waals surface area contributed by atoms with Crippen molar-refractivity contribution in [3.63, 3.8) is 0 Å². The van der Waals surface area contributed by atoms with E-state index in [0.29, 0.717) is 0 Å². The van der Waals surface area contributed by atoms with Crippen molar-refractivity contribution in [3.8, 4) is 0 Å². The van der Waals surface area contributed by atoms with Gasteiger partial charge in [-0.15, -0.1) is 0 Å². The van der Waals surface area contributed by atoms with Crippen LogP contribution in [0.2, 0.25) is 0 Å². The van der Waals surface area contributed by atoms with Crippen molar-refractivity contribution in [3.05, 3.63) is 0 Å². The van der Waals surface area contributed by atoms with Crippen LogP contribution in [0.5, 0.6) is 0 Å². The minimum atomic E-state index is -1.13. The third-order valence-electron chi connectivity index (χ3n) is 1.30. The smallest absolute Gasteiger partial charge is 0.327 e. The maximum atomic E-state index is 11.0. The van der Waals surface area contributed by atoms with Crippen LogP contribution in [0, 0.1) is 0 Å². The summed E-state index contributed by atoms with van der Waals surface area (Å²) < 4.78 is 0. The summed E-state index contributed by atoms with van der Waals surface area (Å²) in [6.45, 7) is 1.45. The fourth-order valence-electron chi connectivity index (χ4n) is 0.707. The molecule has 2 atom stereocenters. The maximum Gasteiger partial charge on any atom is 0.327 e. The van der Waals surface area contributed by atoms with E-state index in [4.69, 9.17) is 10.2 Å². The number of aliphatic hydroxyl groups is 1. The summed E-state index contributed by atoms with van der Waals surface area (Å²) in [6.07, 6.45) is -0.869. The molecule has 6 heteroatoms. The molecular weight excluding hydrogens is 194 g/mol. The fourth-order valence-corrected chi connectivity index (χ4v) is 0.955. The van der Waals surface area contributed by atoms with E-state index < -0.39 is 24.0 Å². The van der Waals surface area contributed by atoms with Gasteiger partial charge in [0.15, 0.2) is 0 Å². The highest BCUT2D eigenvalue weighted by atomic mass is 32.1. The molecule has 0 fully saturated rings. The van der Waals surface area contributed by atoms with E-state index in [1.54, 1.807) is 0 Å². The molecular formula is C7H13NO4S. The van der Waals surface area contributed by atoms with E-state index in [-0.39, 0.29) is 12.2 Å². The van der Waals surface area contributed by atoms with Gasteiger partial charge in [0.05, 0.1) is 12.5 Å². The van der Waals surface area contributed by atoms with Crippen LogP contribution in [-0.4, -0.2) is 40.0 Å². The number of aliphatic carboxylic acids is 1. The van der Waals surface area contributed by atoms with E-state index in [0.717, 1.165) is 0 Å². The van der Waals surface area contributed by atoms with E-state index >= 15 is 0 Å². The van der Waals surface area contributed by atoms with E-state index in [2.05, 4.69) is 17.9 Å². The number of carbonyl (C=O) groups is 2. The van der Waals surface area contributed by atoms with Gasteiger partial charge in [0.1, 0.15) is 6.04 Å². The van der Waals surface area contributed by atoms with Crippen molar-refractivity contribution >= 4 is 24.5 Å². The molecule has 3 N–H and O–H groups in total. The number of rotatable bonds is 5. The Morgan fingerprint density at radius 2 is 2.08 bits per heavy atom. The van der Waals surface area contributed by atoms with Crippen molar-refractivity contribution in [2.24, 2.45) is 0 Å². The molecule has 5 nitrogen and oxygen atoms in total. The highest BCUT2D eigenvalue weighted by Crippen LogP contribution is 1.93. The summed E-state index contributed by atoms with van der Waals surface area (Å²) in [6, 6.07) is -0.991. The molecule has 2 unspecified atom stereocenters. The predicted octanol–water partition coefficient (Wildman–Crippen LogP) is -0.744. The normalized spacial score (nSPS) is 14.7. The molecule has 0 spiro atoms. The summed E-state index contributed by atoms with van der Waals surface area (Å²) in [5, 5.41) is 19.6. The standard InChI is InChI=1S/C7H13NO4S/c1-4(9)2-6(10)8-5(3-13)7(11)12/h4-5,9,13H,2-3H2,1H3,(H,8,10)(H,11,12). The molecule has 0 aliphatic carbocycles. The second kappa shape index (κ2) is 5.82. The largest absolute Gasteiger partial charge is 0.480 e. The average Bonchev–Trinajstić information content (AvgIpc) is 1.98. The molecule has 0 bridgehead atoms. The Kier molecular flexibility index (Phi) is 5.48. The Labute approximate surface area is 81.5 Å². The first-order valence-corrected chi connectivity index (χ1v) is 4.41. The first-order valence-electron chi connectivity index (χ1n) is 3.78. The van der Waals surface area contributed by atoms with Gasteiger partial charge in [0.2, 0.25) is 5.91 Å². The van der Waals surface area contributed by atoms with Crippen LogP contribution >= 0.6 is 12.6 Å². The topological polar surface area (TPSA) is 86.6 Å². The molecule has 1 amide bonds. The number of hydrogen-bond acceptors (Lipinski definition) is 4. The number of thiol groups is 1. The molecule has 0 aromatic carbocycles. The van der Waals surface area contributed by atoms with Crippen LogP contribution < -0.4 is 5.32 Å². The Balaban J connectivity index is 3.94. The molecule has 0 aromatic rings. The highest BCUT2D eigenvalue weighted by Gasteiger charge is 2.18. The van der Waals surface area contributed by atoms with E-state index in [1.165, 1.54) is 6.92 Å². The van der Waals surface area contributed by atoms with Gasteiger partial charge in [0, 0.05) is 5.75 Å². The number of carbonyl (C=O) groups excluding carboxylic acids is 1. The lowest BCUT2D eigenvalue weighted by molar-refractivity contribution is -0.141. The van der Waals surface area contributed by atoms with Crippen molar-refractivity contribution in [2.75, 3.05) is 5.75 Å². The van der Waals surface area contributed by atoms with Gasteiger partial charge < -0.3 is 15.5 Å². The first-order chi connectivity index (χ1) is 5.97. The van der Waals surface area contributed by atoms with E-state index in [1.807, 2.05) is 0 Å². The summed E-state index contributed by atoms with van der Waals surface area (Å²) in [5.74, 6) is -1.59. The number of nitrogens with one attached hydrogen (secondary N) is 1. The Morgan fingerprint density at radius 1 is 1.54 bits per heavy atom. The molecule has 0 radical (unpaired) electrons. The van der Waals surface area contributed by atoms with Crippen LogP contribution in [0.15, 0.2) is 0 Å². The Morgan fingerprint density at radius 3 is 2.38 bits per heavy atom. The molecule has 0 saturated heterocycles.